The number of carbonyl (C=O) groups is 1. The molecule has 2 heterocycles. The lowest BCUT2D eigenvalue weighted by molar-refractivity contribution is -0.122. The van der Waals surface area contributed by atoms with Crippen LogP contribution in [0.1, 0.15) is 52.7 Å². The van der Waals surface area contributed by atoms with Crippen molar-refractivity contribution in [3.63, 3.8) is 0 Å². The summed E-state index contributed by atoms with van der Waals surface area (Å²) in [5, 5.41) is 7.48. The van der Waals surface area contributed by atoms with E-state index in [1.807, 2.05) is 43.5 Å². The molecular weight excluding hydrogens is 426 g/mol. The van der Waals surface area contributed by atoms with Gasteiger partial charge in [-0.25, -0.2) is 9.97 Å². The van der Waals surface area contributed by atoms with Crippen molar-refractivity contribution >= 4 is 22.6 Å². The molecule has 1 amide bonds. The number of anilines is 1. The van der Waals surface area contributed by atoms with Gasteiger partial charge in [-0.15, -0.1) is 0 Å². The fraction of sp³-hybridized carbons (Fsp3) is 0.481. The van der Waals surface area contributed by atoms with Crippen LogP contribution in [0.2, 0.25) is 0 Å². The van der Waals surface area contributed by atoms with Gasteiger partial charge in [0.2, 0.25) is 5.91 Å². The Kier molecular flexibility index (Phi) is 9.76. The van der Waals surface area contributed by atoms with Crippen LogP contribution in [0.15, 0.2) is 42.6 Å². The number of hydrogen-bond acceptors (Lipinski definition) is 6. The number of aromatic nitrogens is 3. The number of benzene rings is 1. The van der Waals surface area contributed by atoms with Crippen molar-refractivity contribution in [2.24, 2.45) is 5.92 Å². The van der Waals surface area contributed by atoms with Crippen LogP contribution in [0.25, 0.3) is 22.3 Å². The SMILES string of the molecule is CCCc1cc(NC(CC(C)C)C(=O)NCCCOCC)nc(-c2cnc3ccccc3c2)n1. The van der Waals surface area contributed by atoms with Crippen molar-refractivity contribution < 1.29 is 9.53 Å². The molecule has 2 N–H and O–H groups in total. The third-order valence-corrected chi connectivity index (χ3v) is 5.45. The van der Waals surface area contributed by atoms with E-state index >= 15 is 0 Å². The molecule has 34 heavy (non-hydrogen) atoms. The maximum absolute atomic E-state index is 13.0. The predicted octanol–water partition coefficient (Wildman–Crippen LogP) is 5.01. The first-order chi connectivity index (χ1) is 16.5. The molecule has 0 fully saturated rings. The lowest BCUT2D eigenvalue weighted by Gasteiger charge is -2.21. The third-order valence-electron chi connectivity index (χ3n) is 5.45. The molecule has 0 bridgehead atoms. The normalized spacial score (nSPS) is 12.1. The zero-order chi connectivity index (χ0) is 24.3. The quantitative estimate of drug-likeness (QED) is 0.346. The Hall–Kier alpha value is -3.06. The van der Waals surface area contributed by atoms with Gasteiger partial charge in [0, 0.05) is 48.7 Å². The summed E-state index contributed by atoms with van der Waals surface area (Å²) in [5.41, 5.74) is 2.75. The predicted molar refractivity (Wildman–Crippen MR) is 138 cm³/mol. The van der Waals surface area contributed by atoms with Crippen LogP contribution in [0.5, 0.6) is 0 Å². The Morgan fingerprint density at radius 3 is 2.71 bits per heavy atom. The molecule has 0 saturated carbocycles. The second-order valence-electron chi connectivity index (χ2n) is 8.90. The molecule has 1 atom stereocenters. The van der Waals surface area contributed by atoms with Crippen LogP contribution >= 0.6 is 0 Å². The molecule has 0 aliphatic heterocycles. The number of aryl methyl sites for hydroxylation is 1. The highest BCUT2D eigenvalue weighted by Crippen LogP contribution is 2.23. The average Bonchev–Trinajstić information content (AvgIpc) is 2.83. The second kappa shape index (κ2) is 13.0. The molecule has 0 radical (unpaired) electrons. The highest BCUT2D eigenvalue weighted by Gasteiger charge is 2.21. The maximum atomic E-state index is 13.0. The smallest absolute Gasteiger partial charge is 0.242 e. The molecule has 7 heteroatoms. The number of pyridine rings is 1. The molecule has 0 saturated heterocycles. The van der Waals surface area contributed by atoms with Gasteiger partial charge in [-0.1, -0.05) is 45.4 Å². The maximum Gasteiger partial charge on any atom is 0.242 e. The molecule has 0 aliphatic rings. The highest BCUT2D eigenvalue weighted by atomic mass is 16.5. The first-order valence-corrected chi connectivity index (χ1v) is 12.3. The number of amides is 1. The monoisotopic (exact) mass is 463 g/mol. The summed E-state index contributed by atoms with van der Waals surface area (Å²) in [6.07, 6.45) is 5.12. The molecule has 7 nitrogen and oxygen atoms in total. The van der Waals surface area contributed by atoms with Crippen molar-refractivity contribution in [2.45, 2.75) is 59.4 Å². The van der Waals surface area contributed by atoms with Gasteiger partial charge in [0.25, 0.3) is 0 Å². The number of fused-ring (bicyclic) bond motifs is 1. The van der Waals surface area contributed by atoms with Gasteiger partial charge in [-0.2, -0.15) is 0 Å². The van der Waals surface area contributed by atoms with E-state index in [1.165, 1.54) is 0 Å². The van der Waals surface area contributed by atoms with Gasteiger partial charge >= 0.3 is 0 Å². The molecule has 0 aliphatic carbocycles. The summed E-state index contributed by atoms with van der Waals surface area (Å²) < 4.78 is 5.37. The summed E-state index contributed by atoms with van der Waals surface area (Å²) in [4.78, 5) is 27.1. The van der Waals surface area contributed by atoms with E-state index in [0.29, 0.717) is 43.7 Å². The summed E-state index contributed by atoms with van der Waals surface area (Å²) in [7, 11) is 0. The Balaban J connectivity index is 1.83. The zero-order valence-corrected chi connectivity index (χ0v) is 20.8. The highest BCUT2D eigenvalue weighted by molar-refractivity contribution is 5.85. The van der Waals surface area contributed by atoms with Crippen molar-refractivity contribution in [1.82, 2.24) is 20.3 Å². The topological polar surface area (TPSA) is 89.0 Å². The lowest BCUT2D eigenvalue weighted by Crippen LogP contribution is -2.41. The van der Waals surface area contributed by atoms with Gasteiger partial charge < -0.3 is 15.4 Å². The average molecular weight is 464 g/mol. The Labute approximate surface area is 202 Å². The van der Waals surface area contributed by atoms with Gasteiger partial charge in [0.15, 0.2) is 5.82 Å². The summed E-state index contributed by atoms with van der Waals surface area (Å²) in [5.74, 6) is 1.62. The fourth-order valence-electron chi connectivity index (χ4n) is 3.81. The summed E-state index contributed by atoms with van der Waals surface area (Å²) >= 11 is 0. The third kappa shape index (κ3) is 7.48. The number of ether oxygens (including phenoxy) is 1. The summed E-state index contributed by atoms with van der Waals surface area (Å²) in [6.45, 7) is 10.3. The molecule has 1 aromatic carbocycles. The van der Waals surface area contributed by atoms with Crippen LogP contribution in [-0.2, 0) is 16.0 Å². The molecule has 3 rings (SSSR count). The number of carbonyl (C=O) groups excluding carboxylic acids is 1. The van der Waals surface area contributed by atoms with E-state index in [-0.39, 0.29) is 11.9 Å². The number of nitrogens with zero attached hydrogens (tertiary/aromatic N) is 3. The number of rotatable bonds is 13. The van der Waals surface area contributed by atoms with Crippen LogP contribution < -0.4 is 10.6 Å². The molecular formula is C27H37N5O2. The Morgan fingerprint density at radius 1 is 1.12 bits per heavy atom. The summed E-state index contributed by atoms with van der Waals surface area (Å²) in [6, 6.07) is 11.6. The minimum absolute atomic E-state index is 0.0187. The molecule has 0 spiro atoms. The van der Waals surface area contributed by atoms with Crippen LogP contribution in [0.4, 0.5) is 5.82 Å². The van der Waals surface area contributed by atoms with E-state index in [2.05, 4.69) is 42.5 Å². The van der Waals surface area contributed by atoms with Crippen molar-refractivity contribution in [3.8, 4) is 11.4 Å². The van der Waals surface area contributed by atoms with Gasteiger partial charge in [0.05, 0.1) is 5.52 Å². The zero-order valence-electron chi connectivity index (χ0n) is 20.8. The van der Waals surface area contributed by atoms with E-state index < -0.39 is 0 Å². The standard InChI is InChI=1S/C27H37N5O2/c1-5-10-22-17-25(31-24(15-19(3)4)27(33)28-13-9-14-34-6-2)32-26(30-22)21-16-20-11-7-8-12-23(20)29-18-21/h7-8,11-12,16-19,24H,5-6,9-10,13-15H2,1-4H3,(H,28,33)(H,30,31,32). The lowest BCUT2D eigenvalue weighted by atomic mass is 10.0. The van der Waals surface area contributed by atoms with E-state index in [1.54, 1.807) is 0 Å². The molecule has 2 aromatic heterocycles. The molecule has 3 aromatic rings. The number of hydrogen-bond donors (Lipinski definition) is 2. The van der Waals surface area contributed by atoms with Crippen molar-refractivity contribution in [1.29, 1.82) is 0 Å². The fourth-order valence-corrected chi connectivity index (χ4v) is 3.81. The first kappa shape index (κ1) is 25.6. The van der Waals surface area contributed by atoms with Crippen LogP contribution in [-0.4, -0.2) is 46.7 Å². The molecule has 1 unspecified atom stereocenters. The van der Waals surface area contributed by atoms with E-state index in [0.717, 1.165) is 41.4 Å². The van der Waals surface area contributed by atoms with Crippen molar-refractivity contribution in [3.05, 3.63) is 48.3 Å². The minimum Gasteiger partial charge on any atom is -0.382 e. The Morgan fingerprint density at radius 2 is 1.94 bits per heavy atom. The largest absolute Gasteiger partial charge is 0.382 e. The van der Waals surface area contributed by atoms with E-state index in [4.69, 9.17) is 14.7 Å². The number of para-hydroxylation sites is 1. The second-order valence-corrected chi connectivity index (χ2v) is 8.90. The van der Waals surface area contributed by atoms with E-state index in [9.17, 15) is 4.79 Å². The van der Waals surface area contributed by atoms with Crippen LogP contribution in [0, 0.1) is 5.92 Å². The minimum atomic E-state index is -0.376. The first-order valence-electron chi connectivity index (χ1n) is 12.3. The Bertz CT molecular complexity index is 1070. The van der Waals surface area contributed by atoms with Gasteiger partial charge in [-0.3, -0.25) is 9.78 Å². The van der Waals surface area contributed by atoms with Gasteiger partial charge in [-0.05, 0) is 44.2 Å². The van der Waals surface area contributed by atoms with Crippen LogP contribution in [0.3, 0.4) is 0 Å². The van der Waals surface area contributed by atoms with Crippen molar-refractivity contribution in [2.75, 3.05) is 25.1 Å². The number of nitrogens with one attached hydrogen (secondary N) is 2. The van der Waals surface area contributed by atoms with Gasteiger partial charge in [0.1, 0.15) is 11.9 Å². The molecule has 182 valence electrons.